The molecule has 590 valence electrons. The van der Waals surface area contributed by atoms with E-state index in [9.17, 15) is 0 Å². The first-order chi connectivity index (χ1) is 62.2. The molecule has 0 radical (unpaired) electrons. The minimum absolute atomic E-state index is 0.327. The molecule has 0 saturated carbocycles. The molecule has 0 bridgehead atoms. The van der Waals surface area contributed by atoms with Gasteiger partial charge >= 0.3 is 0 Å². The lowest BCUT2D eigenvalue weighted by molar-refractivity contribution is 0.662. The molecule has 0 amide bonds. The lowest BCUT2D eigenvalue weighted by Gasteiger charge is -2.35. The van der Waals surface area contributed by atoms with E-state index in [2.05, 4.69) is 436 Å². The fraction of sp³-hybridized carbons (Fsp3) is 0.0333. The van der Waals surface area contributed by atoms with Gasteiger partial charge in [-0.25, -0.2) is 0 Å². The molecule has 0 saturated heterocycles. The van der Waals surface area contributed by atoms with E-state index in [4.69, 9.17) is 17.7 Å². The van der Waals surface area contributed by atoms with Gasteiger partial charge in [-0.3, -0.25) is 0 Å². The summed E-state index contributed by atoms with van der Waals surface area (Å²) in [6, 6.07) is 155. The molecule has 0 fully saturated rings. The van der Waals surface area contributed by atoms with Crippen LogP contribution in [0, 0.1) is 0 Å². The Hall–Kier alpha value is -16.3. The summed E-state index contributed by atoms with van der Waals surface area (Å²) in [5.41, 5.74) is 35.3. The highest BCUT2D eigenvalue weighted by atomic mass is 16.3. The van der Waals surface area contributed by atoms with Crippen LogP contribution in [0.2, 0.25) is 0 Å². The van der Waals surface area contributed by atoms with Gasteiger partial charge < -0.3 is 27.5 Å². The van der Waals surface area contributed by atoms with E-state index in [0.717, 1.165) is 193 Å². The average molecular weight is 1610 g/mol. The zero-order valence-electron chi connectivity index (χ0n) is 68.9. The maximum Gasteiger partial charge on any atom is 0.159 e. The van der Waals surface area contributed by atoms with Crippen molar-refractivity contribution in [3.05, 3.63) is 458 Å². The molecule has 26 rings (SSSR count). The first-order valence-electron chi connectivity index (χ1n) is 43.4. The smallest absolute Gasteiger partial charge is 0.159 e. The van der Waals surface area contributed by atoms with E-state index in [-0.39, 0.29) is 5.41 Å². The Kier molecular flexibility index (Phi) is 15.7. The van der Waals surface area contributed by atoms with Crippen LogP contribution in [-0.4, -0.2) is 0 Å². The van der Waals surface area contributed by atoms with Crippen LogP contribution < -0.4 is 9.80 Å². The first kappa shape index (κ1) is 71.5. The fourth-order valence-electron chi connectivity index (χ4n) is 21.6. The Morgan fingerprint density at radius 3 is 1.33 bits per heavy atom. The maximum absolute atomic E-state index is 7.54. The molecule has 24 aromatic rings. The van der Waals surface area contributed by atoms with Crippen LogP contribution in [0.15, 0.2) is 442 Å². The molecule has 2 aliphatic rings. The maximum atomic E-state index is 7.54. The Morgan fingerprint density at radius 2 is 0.635 bits per heavy atom. The molecular formula is C120H76N2O4. The molecule has 2 aliphatic carbocycles. The zero-order chi connectivity index (χ0) is 83.0. The number of para-hydroxylation sites is 7. The SMILES string of the molecule is CC1(C)c2ccc(-c3ccc4ccc5c6cccc(-c7ccccc7N(c7ccc8c(c7)C(c7ccccc7)(c7ccccc7)c7ccccc7-8)c7cccc8c7oc7ccccc78)c6oc5c4c3)cc2-c2cccc(-c3ccc(N(c4ccc(-c5ccc6oc7ccccc7c6c5)cc4)c4ccccc4-c4cccc5c4oc4c6ccccc6ccc54)cc3)c21. The Balaban J connectivity index is 0.570. The van der Waals surface area contributed by atoms with Crippen LogP contribution in [0.5, 0.6) is 0 Å². The van der Waals surface area contributed by atoms with Crippen LogP contribution in [0.4, 0.5) is 34.1 Å². The zero-order valence-corrected chi connectivity index (χ0v) is 68.9. The minimum Gasteiger partial charge on any atom is -0.456 e. The summed E-state index contributed by atoms with van der Waals surface area (Å²) in [6.07, 6.45) is 0. The van der Waals surface area contributed by atoms with Gasteiger partial charge in [-0.1, -0.05) is 335 Å². The van der Waals surface area contributed by atoms with Crippen LogP contribution in [0.1, 0.15) is 47.2 Å². The highest BCUT2D eigenvalue weighted by Crippen LogP contribution is 2.60. The molecule has 6 nitrogen and oxygen atoms in total. The molecule has 0 atom stereocenters. The van der Waals surface area contributed by atoms with E-state index in [1.165, 1.54) is 61.2 Å². The van der Waals surface area contributed by atoms with Gasteiger partial charge in [0, 0.05) is 98.6 Å². The normalized spacial score (nSPS) is 13.1. The topological polar surface area (TPSA) is 59.0 Å². The van der Waals surface area contributed by atoms with Crippen LogP contribution in [0.25, 0.3) is 187 Å². The molecule has 0 spiro atoms. The van der Waals surface area contributed by atoms with Crippen molar-refractivity contribution in [1.82, 2.24) is 0 Å². The van der Waals surface area contributed by atoms with E-state index in [1.54, 1.807) is 0 Å². The number of anilines is 6. The van der Waals surface area contributed by atoms with Crippen molar-refractivity contribution in [2.75, 3.05) is 9.80 Å². The standard InChI is InChI=1S/C120H76N2O4/c1-119(2)104-67-57-79(70-102(104)93-37-21-36-85(113(93)119)75-53-61-83(62-54-75)121(82-59-51-73(52-60-82)77-58-68-112-103(71-77)92-35-15-19-47-110(92)123-112)107-44-17-12-32-89(107)94-38-22-40-97-99-64-55-74-25-9-10-30-86(74)114(99)125-115(94)97)78-50-49-76-56-65-100-98-41-23-39-95(116(98)126-117(100)101(76)69-78)90-33-13-18-45-108(90)122(109-46-24-42-96-91-34-14-20-48-111(91)124-118(96)109)84-63-66-88-87-31-11-16-43-105(87)120(106(88)72-84,80-26-5-3-6-27-80)81-28-7-4-8-29-81/h3-72H,1-2H3. The summed E-state index contributed by atoms with van der Waals surface area (Å²) >= 11 is 0. The molecule has 4 aromatic heterocycles. The monoisotopic (exact) mass is 1610 g/mol. The molecule has 20 aromatic carbocycles. The number of nitrogens with zero attached hydrogens (tertiary/aromatic N) is 2. The molecular weight excluding hydrogens is 1530 g/mol. The van der Waals surface area contributed by atoms with Crippen molar-refractivity contribution in [3.8, 4) is 77.9 Å². The van der Waals surface area contributed by atoms with Crippen LogP contribution >= 0.6 is 0 Å². The Morgan fingerprint density at radius 1 is 0.198 bits per heavy atom. The van der Waals surface area contributed by atoms with E-state index >= 15 is 0 Å². The first-order valence-corrected chi connectivity index (χ1v) is 43.4. The van der Waals surface area contributed by atoms with Gasteiger partial charge in [0.1, 0.15) is 39.1 Å². The van der Waals surface area contributed by atoms with Crippen molar-refractivity contribution in [2.24, 2.45) is 0 Å². The molecule has 0 unspecified atom stereocenters. The van der Waals surface area contributed by atoms with Crippen LogP contribution in [0.3, 0.4) is 0 Å². The third-order valence-corrected chi connectivity index (χ3v) is 27.3. The summed E-state index contributed by atoms with van der Waals surface area (Å²) in [7, 11) is 0. The second-order valence-electron chi connectivity index (χ2n) is 34.3. The number of furan rings is 4. The number of hydrogen-bond acceptors (Lipinski definition) is 6. The van der Waals surface area contributed by atoms with Crippen LogP contribution in [-0.2, 0) is 10.8 Å². The van der Waals surface area contributed by atoms with E-state index in [0.29, 0.717) is 0 Å². The molecule has 126 heavy (non-hydrogen) atoms. The Labute approximate surface area is 726 Å². The second kappa shape index (κ2) is 27.6. The molecule has 0 N–H and O–H groups in total. The van der Waals surface area contributed by atoms with Crippen molar-refractivity contribution < 1.29 is 17.7 Å². The third kappa shape index (κ3) is 10.6. The summed E-state index contributed by atoms with van der Waals surface area (Å²) in [5.74, 6) is 0. The highest BCUT2D eigenvalue weighted by Gasteiger charge is 2.47. The van der Waals surface area contributed by atoms with Gasteiger partial charge in [-0.2, -0.15) is 0 Å². The van der Waals surface area contributed by atoms with Gasteiger partial charge in [0.25, 0.3) is 0 Å². The Bertz CT molecular complexity index is 8600. The lowest BCUT2D eigenvalue weighted by atomic mass is 9.67. The van der Waals surface area contributed by atoms with Crippen molar-refractivity contribution >= 4 is 143 Å². The minimum atomic E-state index is -0.630. The second-order valence-corrected chi connectivity index (χ2v) is 34.3. The summed E-state index contributed by atoms with van der Waals surface area (Å²) in [6.45, 7) is 4.79. The largest absolute Gasteiger partial charge is 0.456 e. The molecule has 4 heterocycles. The van der Waals surface area contributed by atoms with Gasteiger partial charge in [-0.15, -0.1) is 0 Å². The third-order valence-electron chi connectivity index (χ3n) is 27.3. The molecule has 0 aliphatic heterocycles. The molecule has 6 heteroatoms. The predicted molar refractivity (Wildman–Crippen MR) is 522 cm³/mol. The average Bonchev–Trinajstić information content (AvgIpc) is 1.54. The quantitative estimate of drug-likeness (QED) is 0.115. The predicted octanol–water partition coefficient (Wildman–Crippen LogP) is 33.5. The number of rotatable bonds is 13. The van der Waals surface area contributed by atoms with Crippen molar-refractivity contribution in [1.29, 1.82) is 0 Å². The van der Waals surface area contributed by atoms with E-state index < -0.39 is 5.41 Å². The van der Waals surface area contributed by atoms with Gasteiger partial charge in [-0.05, 0) is 203 Å². The van der Waals surface area contributed by atoms with E-state index in [1.807, 2.05) is 12.1 Å². The van der Waals surface area contributed by atoms with Gasteiger partial charge in [0.05, 0.1) is 22.5 Å². The fourth-order valence-corrected chi connectivity index (χ4v) is 21.6. The lowest BCUT2D eigenvalue weighted by Crippen LogP contribution is -2.28. The summed E-state index contributed by atoms with van der Waals surface area (Å²) < 4.78 is 28.0. The number of benzene rings is 20. The number of hydrogen-bond donors (Lipinski definition) is 0. The summed E-state index contributed by atoms with van der Waals surface area (Å²) in [5, 5.41) is 13.0. The number of fused-ring (bicyclic) bond motifs is 22. The van der Waals surface area contributed by atoms with Crippen molar-refractivity contribution in [3.63, 3.8) is 0 Å². The van der Waals surface area contributed by atoms with Gasteiger partial charge in [0.2, 0.25) is 0 Å². The van der Waals surface area contributed by atoms with Crippen molar-refractivity contribution in [2.45, 2.75) is 24.7 Å². The van der Waals surface area contributed by atoms with Gasteiger partial charge in [0.15, 0.2) is 5.58 Å². The summed E-state index contributed by atoms with van der Waals surface area (Å²) in [4.78, 5) is 4.83. The highest BCUT2D eigenvalue weighted by molar-refractivity contribution is 6.21.